The molecule has 0 radical (unpaired) electrons. The molecule has 2 N–H and O–H groups in total. The second-order valence-electron chi connectivity index (χ2n) is 4.24. The lowest BCUT2D eigenvalue weighted by Gasteiger charge is -2.28. The highest BCUT2D eigenvalue weighted by atomic mass is 35.5. The Kier molecular flexibility index (Phi) is 4.09. The molecule has 0 bridgehead atoms. The molecule has 2 atom stereocenters. The first-order valence-electron chi connectivity index (χ1n) is 5.44. The fourth-order valence-electron chi connectivity index (χ4n) is 1.99. The number of hydrogen-bond donors (Lipinski definition) is 1. The number of ether oxygens (including phenoxy) is 1. The molecule has 88 valence electrons. The molecular weight excluding hydrogens is 245 g/mol. The summed E-state index contributed by atoms with van der Waals surface area (Å²) in [5, 5.41) is 1.19. The minimum atomic E-state index is 0.225. The van der Waals surface area contributed by atoms with Crippen molar-refractivity contribution in [3.63, 3.8) is 0 Å². The molecule has 1 saturated heterocycles. The second kappa shape index (κ2) is 5.37. The minimum Gasteiger partial charge on any atom is -0.381 e. The van der Waals surface area contributed by atoms with Crippen LogP contribution >= 0.6 is 23.2 Å². The molecule has 0 saturated carbocycles. The Morgan fingerprint density at radius 1 is 1.31 bits per heavy atom. The summed E-state index contributed by atoms with van der Waals surface area (Å²) in [4.78, 5) is 0. The monoisotopic (exact) mass is 259 g/mol. The molecule has 0 aliphatic carbocycles. The maximum atomic E-state index is 6.06. The van der Waals surface area contributed by atoms with Crippen LogP contribution in [0.2, 0.25) is 10.0 Å². The van der Waals surface area contributed by atoms with Crippen LogP contribution in [0.25, 0.3) is 0 Å². The van der Waals surface area contributed by atoms with Gasteiger partial charge in [0.05, 0.1) is 16.7 Å². The van der Waals surface area contributed by atoms with Crippen LogP contribution in [0.1, 0.15) is 12.0 Å². The molecular formula is C12H15Cl2NO. The molecule has 0 unspecified atom stereocenters. The van der Waals surface area contributed by atoms with Crippen molar-refractivity contribution in [2.75, 3.05) is 13.2 Å². The number of rotatable bonds is 2. The highest BCUT2D eigenvalue weighted by molar-refractivity contribution is 6.42. The maximum absolute atomic E-state index is 6.06. The standard InChI is InChI=1S/C12H15Cl2NO/c13-10-2-1-8(6-11(10)14)5-9-7-16-4-3-12(9)15/h1-2,6,9,12H,3-5,7,15H2/t9-,12-/m0/s1. The van der Waals surface area contributed by atoms with E-state index in [1.54, 1.807) is 0 Å². The molecule has 0 aromatic heterocycles. The quantitative estimate of drug-likeness (QED) is 0.887. The van der Waals surface area contributed by atoms with Crippen molar-refractivity contribution in [3.8, 4) is 0 Å². The van der Waals surface area contributed by atoms with Gasteiger partial charge in [-0.15, -0.1) is 0 Å². The Bertz CT molecular complexity index is 370. The van der Waals surface area contributed by atoms with Crippen molar-refractivity contribution in [2.45, 2.75) is 18.9 Å². The van der Waals surface area contributed by atoms with E-state index >= 15 is 0 Å². The predicted octanol–water partition coefficient (Wildman–Crippen LogP) is 2.90. The lowest BCUT2D eigenvalue weighted by molar-refractivity contribution is 0.0422. The van der Waals surface area contributed by atoms with E-state index < -0.39 is 0 Å². The van der Waals surface area contributed by atoms with Crippen molar-refractivity contribution < 1.29 is 4.74 Å². The Labute approximate surface area is 106 Å². The van der Waals surface area contributed by atoms with E-state index in [9.17, 15) is 0 Å². The van der Waals surface area contributed by atoms with Crippen LogP contribution in [0.4, 0.5) is 0 Å². The average molecular weight is 260 g/mol. The zero-order chi connectivity index (χ0) is 11.5. The van der Waals surface area contributed by atoms with E-state index in [1.807, 2.05) is 18.2 Å². The van der Waals surface area contributed by atoms with Gasteiger partial charge in [-0.2, -0.15) is 0 Å². The summed E-state index contributed by atoms with van der Waals surface area (Å²) in [6.45, 7) is 1.51. The molecule has 16 heavy (non-hydrogen) atoms. The predicted molar refractivity (Wildman–Crippen MR) is 67.1 cm³/mol. The molecule has 1 heterocycles. The summed E-state index contributed by atoms with van der Waals surface area (Å²) in [7, 11) is 0. The summed E-state index contributed by atoms with van der Waals surface area (Å²) in [5.74, 6) is 0.381. The molecule has 0 spiro atoms. The first-order valence-corrected chi connectivity index (χ1v) is 6.19. The second-order valence-corrected chi connectivity index (χ2v) is 5.05. The van der Waals surface area contributed by atoms with Gasteiger partial charge < -0.3 is 10.5 Å². The summed E-state index contributed by atoms with van der Waals surface area (Å²) < 4.78 is 5.44. The SMILES string of the molecule is N[C@H]1CCOC[C@@H]1Cc1ccc(Cl)c(Cl)c1. The van der Waals surface area contributed by atoms with E-state index in [0.717, 1.165) is 26.1 Å². The van der Waals surface area contributed by atoms with E-state index in [1.165, 1.54) is 5.56 Å². The van der Waals surface area contributed by atoms with Gasteiger partial charge in [0.2, 0.25) is 0 Å². The number of hydrogen-bond acceptors (Lipinski definition) is 2. The van der Waals surface area contributed by atoms with E-state index in [2.05, 4.69) is 0 Å². The van der Waals surface area contributed by atoms with E-state index in [0.29, 0.717) is 16.0 Å². The third-order valence-electron chi connectivity index (χ3n) is 3.01. The van der Waals surface area contributed by atoms with Crippen LogP contribution in [-0.4, -0.2) is 19.3 Å². The normalized spacial score (nSPS) is 25.7. The van der Waals surface area contributed by atoms with Crippen molar-refractivity contribution in [1.29, 1.82) is 0 Å². The average Bonchev–Trinajstić information content (AvgIpc) is 2.27. The van der Waals surface area contributed by atoms with Crippen LogP contribution < -0.4 is 5.73 Å². The molecule has 1 aliphatic rings. The molecule has 1 aromatic rings. The molecule has 1 aromatic carbocycles. The van der Waals surface area contributed by atoms with Gasteiger partial charge in [0, 0.05) is 18.6 Å². The van der Waals surface area contributed by atoms with Crippen molar-refractivity contribution >= 4 is 23.2 Å². The highest BCUT2D eigenvalue weighted by Crippen LogP contribution is 2.25. The van der Waals surface area contributed by atoms with Gasteiger partial charge in [0.15, 0.2) is 0 Å². The lowest BCUT2D eigenvalue weighted by atomic mass is 9.90. The zero-order valence-electron chi connectivity index (χ0n) is 8.96. The van der Waals surface area contributed by atoms with Gasteiger partial charge >= 0.3 is 0 Å². The lowest BCUT2D eigenvalue weighted by Crippen LogP contribution is -2.39. The summed E-state index contributed by atoms with van der Waals surface area (Å²) in [6.07, 6.45) is 1.84. The van der Waals surface area contributed by atoms with Gasteiger partial charge in [0.1, 0.15) is 0 Å². The molecule has 2 rings (SSSR count). The molecule has 0 amide bonds. The van der Waals surface area contributed by atoms with Crippen LogP contribution in [-0.2, 0) is 11.2 Å². The summed E-state index contributed by atoms with van der Waals surface area (Å²) in [5.41, 5.74) is 7.22. The van der Waals surface area contributed by atoms with Crippen LogP contribution in [0.15, 0.2) is 18.2 Å². The highest BCUT2D eigenvalue weighted by Gasteiger charge is 2.22. The third-order valence-corrected chi connectivity index (χ3v) is 3.75. The van der Waals surface area contributed by atoms with E-state index in [4.69, 9.17) is 33.7 Å². The van der Waals surface area contributed by atoms with Gasteiger partial charge in [-0.25, -0.2) is 0 Å². The first kappa shape index (κ1) is 12.2. The smallest absolute Gasteiger partial charge is 0.0595 e. The molecule has 1 fully saturated rings. The van der Waals surface area contributed by atoms with Gasteiger partial charge in [-0.05, 0) is 30.5 Å². The van der Waals surface area contributed by atoms with Crippen LogP contribution in [0.3, 0.4) is 0 Å². The van der Waals surface area contributed by atoms with Gasteiger partial charge in [0.25, 0.3) is 0 Å². The summed E-state index contributed by atoms with van der Waals surface area (Å²) >= 11 is 11.8. The third kappa shape index (κ3) is 2.89. The Morgan fingerprint density at radius 2 is 2.12 bits per heavy atom. The molecule has 4 heteroatoms. The number of nitrogens with two attached hydrogens (primary N) is 1. The molecule has 2 nitrogen and oxygen atoms in total. The zero-order valence-corrected chi connectivity index (χ0v) is 10.5. The topological polar surface area (TPSA) is 35.2 Å². The van der Waals surface area contributed by atoms with E-state index in [-0.39, 0.29) is 6.04 Å². The summed E-state index contributed by atoms with van der Waals surface area (Å²) in [6, 6.07) is 5.96. The fourth-order valence-corrected chi connectivity index (χ4v) is 2.31. The Balaban J connectivity index is 2.05. The van der Waals surface area contributed by atoms with Crippen molar-refractivity contribution in [1.82, 2.24) is 0 Å². The van der Waals surface area contributed by atoms with Crippen LogP contribution in [0.5, 0.6) is 0 Å². The number of benzene rings is 1. The Morgan fingerprint density at radius 3 is 2.81 bits per heavy atom. The Hall–Kier alpha value is -0.280. The largest absolute Gasteiger partial charge is 0.381 e. The van der Waals surface area contributed by atoms with Crippen LogP contribution in [0, 0.1) is 5.92 Å². The van der Waals surface area contributed by atoms with Crippen molar-refractivity contribution in [3.05, 3.63) is 33.8 Å². The van der Waals surface area contributed by atoms with Gasteiger partial charge in [-0.3, -0.25) is 0 Å². The minimum absolute atomic E-state index is 0.225. The first-order chi connectivity index (χ1) is 7.66. The van der Waals surface area contributed by atoms with Gasteiger partial charge in [-0.1, -0.05) is 29.3 Å². The fraction of sp³-hybridized carbons (Fsp3) is 0.500. The number of halogens is 2. The maximum Gasteiger partial charge on any atom is 0.0595 e. The molecule has 1 aliphatic heterocycles. The van der Waals surface area contributed by atoms with Crippen molar-refractivity contribution in [2.24, 2.45) is 11.7 Å².